The van der Waals surface area contributed by atoms with Crippen LogP contribution in [0, 0.1) is 0 Å². The maximum Gasteiger partial charge on any atom is 0.323 e. The van der Waals surface area contributed by atoms with Gasteiger partial charge in [0.25, 0.3) is 0 Å². The summed E-state index contributed by atoms with van der Waals surface area (Å²) in [7, 11) is 0. The molecule has 2 N–H and O–H groups in total. The van der Waals surface area contributed by atoms with E-state index >= 15 is 0 Å². The van der Waals surface area contributed by atoms with Gasteiger partial charge in [-0.25, -0.2) is 0 Å². The lowest BCUT2D eigenvalue weighted by Crippen LogP contribution is -2.37. The Morgan fingerprint density at radius 2 is 2.00 bits per heavy atom. The first-order valence-electron chi connectivity index (χ1n) is 6.14. The second-order valence-electron chi connectivity index (χ2n) is 4.25. The number of carbonyl (C=O) groups excluding carboxylic acids is 1. The van der Waals surface area contributed by atoms with Crippen molar-refractivity contribution < 1.29 is 9.53 Å². The van der Waals surface area contributed by atoms with Gasteiger partial charge in [-0.05, 0) is 12.0 Å². The largest absolute Gasteiger partial charge is 0.465 e. The van der Waals surface area contributed by atoms with Crippen molar-refractivity contribution in [3.63, 3.8) is 0 Å². The normalized spacial score (nSPS) is 14.1. The van der Waals surface area contributed by atoms with E-state index in [-0.39, 0.29) is 11.9 Å². The summed E-state index contributed by atoms with van der Waals surface area (Å²) >= 11 is 0. The Labute approximate surface area is 103 Å². The predicted octanol–water partition coefficient (Wildman–Crippen LogP) is 2.46. The highest BCUT2D eigenvalue weighted by molar-refractivity contribution is 5.76. The number of unbranched alkanes of at least 4 members (excludes halogenated alkanes) is 1. The number of nitrogens with two attached hydrogens (primary N) is 1. The van der Waals surface area contributed by atoms with Crippen LogP contribution in [0.1, 0.15) is 38.2 Å². The van der Waals surface area contributed by atoms with E-state index in [1.165, 1.54) is 0 Å². The summed E-state index contributed by atoms with van der Waals surface area (Å²) in [4.78, 5) is 11.7. The van der Waals surface area contributed by atoms with Crippen molar-refractivity contribution in [2.75, 3.05) is 6.61 Å². The average molecular weight is 235 g/mol. The standard InChI is InChI=1S/C14H21NO2/c1-3-4-10-17-14(16)13(15)11(2)12-8-6-5-7-9-12/h5-9,11,13H,3-4,10,15H2,1-2H3/t11-,13+/m0/s1. The van der Waals surface area contributed by atoms with Gasteiger partial charge in [0, 0.05) is 5.92 Å². The minimum Gasteiger partial charge on any atom is -0.465 e. The van der Waals surface area contributed by atoms with E-state index in [4.69, 9.17) is 10.5 Å². The topological polar surface area (TPSA) is 52.3 Å². The van der Waals surface area contributed by atoms with Crippen LogP contribution < -0.4 is 5.73 Å². The monoisotopic (exact) mass is 235 g/mol. The number of carbonyl (C=O) groups is 1. The minimum atomic E-state index is -0.589. The van der Waals surface area contributed by atoms with E-state index < -0.39 is 6.04 Å². The quantitative estimate of drug-likeness (QED) is 0.608. The summed E-state index contributed by atoms with van der Waals surface area (Å²) in [5.41, 5.74) is 6.96. The van der Waals surface area contributed by atoms with Crippen LogP contribution in [0.4, 0.5) is 0 Å². The second-order valence-corrected chi connectivity index (χ2v) is 4.25. The van der Waals surface area contributed by atoms with Crippen molar-refractivity contribution in [1.29, 1.82) is 0 Å². The molecule has 2 atom stereocenters. The van der Waals surface area contributed by atoms with Gasteiger partial charge in [0.05, 0.1) is 6.61 Å². The Hall–Kier alpha value is -1.35. The summed E-state index contributed by atoms with van der Waals surface area (Å²) in [6.07, 6.45) is 1.90. The van der Waals surface area contributed by atoms with Crippen LogP contribution in [0.5, 0.6) is 0 Å². The first kappa shape index (κ1) is 13.7. The molecule has 0 aliphatic carbocycles. The molecule has 0 saturated carbocycles. The Kier molecular flexibility index (Phi) is 5.70. The molecule has 0 aliphatic rings. The Morgan fingerprint density at radius 3 is 2.59 bits per heavy atom. The molecule has 0 unspecified atom stereocenters. The van der Waals surface area contributed by atoms with Crippen LogP contribution >= 0.6 is 0 Å². The molecule has 0 spiro atoms. The first-order chi connectivity index (χ1) is 8.16. The van der Waals surface area contributed by atoms with E-state index in [0.29, 0.717) is 6.61 Å². The fraction of sp³-hybridized carbons (Fsp3) is 0.500. The molecule has 0 amide bonds. The van der Waals surface area contributed by atoms with Crippen LogP contribution in [0.3, 0.4) is 0 Å². The highest BCUT2D eigenvalue weighted by atomic mass is 16.5. The van der Waals surface area contributed by atoms with Gasteiger partial charge < -0.3 is 10.5 Å². The fourth-order valence-electron chi connectivity index (χ4n) is 1.58. The third kappa shape index (κ3) is 4.19. The van der Waals surface area contributed by atoms with Crippen molar-refractivity contribution in [2.24, 2.45) is 5.73 Å². The lowest BCUT2D eigenvalue weighted by molar-refractivity contribution is -0.145. The number of esters is 1. The van der Waals surface area contributed by atoms with E-state index in [2.05, 4.69) is 6.92 Å². The second kappa shape index (κ2) is 7.07. The van der Waals surface area contributed by atoms with Crippen molar-refractivity contribution in [3.05, 3.63) is 35.9 Å². The van der Waals surface area contributed by atoms with Crippen molar-refractivity contribution in [3.8, 4) is 0 Å². The maximum atomic E-state index is 11.7. The molecule has 0 radical (unpaired) electrons. The molecule has 1 aromatic carbocycles. The summed E-state index contributed by atoms with van der Waals surface area (Å²) in [6, 6.07) is 9.20. The number of hydrogen-bond donors (Lipinski definition) is 1. The Bertz CT molecular complexity index is 337. The van der Waals surface area contributed by atoms with E-state index in [1.807, 2.05) is 37.3 Å². The molecule has 0 aliphatic heterocycles. The zero-order valence-corrected chi connectivity index (χ0v) is 10.6. The van der Waals surface area contributed by atoms with Gasteiger partial charge in [0.15, 0.2) is 0 Å². The third-order valence-corrected chi connectivity index (χ3v) is 2.88. The van der Waals surface area contributed by atoms with Gasteiger partial charge in [-0.2, -0.15) is 0 Å². The molecule has 17 heavy (non-hydrogen) atoms. The predicted molar refractivity (Wildman–Crippen MR) is 68.7 cm³/mol. The van der Waals surface area contributed by atoms with Crippen LogP contribution in [-0.2, 0) is 9.53 Å². The highest BCUT2D eigenvalue weighted by Crippen LogP contribution is 2.18. The number of benzene rings is 1. The maximum absolute atomic E-state index is 11.7. The zero-order valence-electron chi connectivity index (χ0n) is 10.6. The molecule has 3 nitrogen and oxygen atoms in total. The Balaban J connectivity index is 2.51. The SMILES string of the molecule is CCCCOC(=O)[C@H](N)[C@@H](C)c1ccccc1. The zero-order chi connectivity index (χ0) is 12.7. The van der Waals surface area contributed by atoms with Gasteiger partial charge >= 0.3 is 5.97 Å². The van der Waals surface area contributed by atoms with E-state index in [0.717, 1.165) is 18.4 Å². The lowest BCUT2D eigenvalue weighted by atomic mass is 9.94. The van der Waals surface area contributed by atoms with Crippen LogP contribution in [0.15, 0.2) is 30.3 Å². The number of rotatable bonds is 6. The summed E-state index contributed by atoms with van der Waals surface area (Å²) in [6.45, 7) is 4.46. The molecule has 1 rings (SSSR count). The van der Waals surface area contributed by atoms with Gasteiger partial charge in [0.2, 0.25) is 0 Å². The summed E-state index contributed by atoms with van der Waals surface area (Å²) < 4.78 is 5.12. The van der Waals surface area contributed by atoms with Gasteiger partial charge in [-0.15, -0.1) is 0 Å². The molecule has 0 saturated heterocycles. The van der Waals surface area contributed by atoms with Crippen LogP contribution in [0.25, 0.3) is 0 Å². The minimum absolute atomic E-state index is 0.0228. The fourth-order valence-corrected chi connectivity index (χ4v) is 1.58. The van der Waals surface area contributed by atoms with E-state index in [9.17, 15) is 4.79 Å². The van der Waals surface area contributed by atoms with Crippen LogP contribution in [0.2, 0.25) is 0 Å². The molecule has 0 aromatic heterocycles. The summed E-state index contributed by atoms with van der Waals surface area (Å²) in [5.74, 6) is -0.333. The van der Waals surface area contributed by atoms with Gasteiger partial charge in [-0.3, -0.25) is 4.79 Å². The molecule has 0 fully saturated rings. The van der Waals surface area contributed by atoms with Crippen molar-refractivity contribution in [2.45, 2.75) is 38.6 Å². The molecule has 0 heterocycles. The molecule has 3 heteroatoms. The van der Waals surface area contributed by atoms with Gasteiger partial charge in [0.1, 0.15) is 6.04 Å². The first-order valence-corrected chi connectivity index (χ1v) is 6.14. The molecule has 0 bridgehead atoms. The number of ether oxygens (including phenoxy) is 1. The number of hydrogen-bond acceptors (Lipinski definition) is 3. The van der Waals surface area contributed by atoms with Crippen molar-refractivity contribution >= 4 is 5.97 Å². The van der Waals surface area contributed by atoms with E-state index in [1.54, 1.807) is 0 Å². The molecular formula is C14H21NO2. The highest BCUT2D eigenvalue weighted by Gasteiger charge is 2.23. The summed E-state index contributed by atoms with van der Waals surface area (Å²) in [5, 5.41) is 0. The molecule has 94 valence electrons. The van der Waals surface area contributed by atoms with Gasteiger partial charge in [-0.1, -0.05) is 50.6 Å². The average Bonchev–Trinajstić information content (AvgIpc) is 2.38. The Morgan fingerprint density at radius 1 is 1.35 bits per heavy atom. The van der Waals surface area contributed by atoms with Crippen LogP contribution in [-0.4, -0.2) is 18.6 Å². The smallest absolute Gasteiger partial charge is 0.323 e. The lowest BCUT2D eigenvalue weighted by Gasteiger charge is -2.18. The molecular weight excluding hydrogens is 214 g/mol. The molecule has 1 aromatic rings. The van der Waals surface area contributed by atoms with Crippen molar-refractivity contribution in [1.82, 2.24) is 0 Å². The third-order valence-electron chi connectivity index (χ3n) is 2.88.